The molecule has 6 N–H and O–H groups in total. The molecule has 0 aliphatic carbocycles. The second kappa shape index (κ2) is 12.1. The molecular weight excluding hydrogens is 502 g/mol. The van der Waals surface area contributed by atoms with Crippen LogP contribution >= 0.6 is 0 Å². The van der Waals surface area contributed by atoms with Gasteiger partial charge in [0.05, 0.1) is 0 Å². The zero-order valence-corrected chi connectivity index (χ0v) is 23.1. The van der Waals surface area contributed by atoms with E-state index in [1.807, 2.05) is 38.1 Å². The van der Waals surface area contributed by atoms with Crippen molar-refractivity contribution in [3.05, 3.63) is 94.5 Å². The molecule has 2 heterocycles. The number of anilines is 4. The van der Waals surface area contributed by atoms with E-state index >= 15 is 0 Å². The van der Waals surface area contributed by atoms with E-state index < -0.39 is 5.91 Å². The van der Waals surface area contributed by atoms with Crippen LogP contribution in [0.1, 0.15) is 39.5 Å². The summed E-state index contributed by atoms with van der Waals surface area (Å²) in [4.78, 5) is 17.2. The Labute approximate surface area is 235 Å². The predicted molar refractivity (Wildman–Crippen MR) is 160 cm³/mol. The fourth-order valence-electron chi connectivity index (χ4n) is 5.20. The van der Waals surface area contributed by atoms with Crippen molar-refractivity contribution in [3.63, 3.8) is 0 Å². The number of aryl methyl sites for hydroxylation is 2. The van der Waals surface area contributed by atoms with Gasteiger partial charge in [-0.15, -0.1) is 0 Å². The molecule has 0 saturated carbocycles. The minimum absolute atomic E-state index is 0.268. The van der Waals surface area contributed by atoms with Gasteiger partial charge in [0.1, 0.15) is 17.1 Å². The van der Waals surface area contributed by atoms with Gasteiger partial charge < -0.3 is 26.4 Å². The third-order valence-electron chi connectivity index (χ3n) is 7.42. The molecule has 1 saturated heterocycles. The van der Waals surface area contributed by atoms with E-state index in [0.29, 0.717) is 23.9 Å². The Kier molecular flexibility index (Phi) is 8.21. The summed E-state index contributed by atoms with van der Waals surface area (Å²) in [5, 5.41) is 23.9. The molecule has 1 aromatic heterocycles. The van der Waals surface area contributed by atoms with Crippen molar-refractivity contribution >= 4 is 28.9 Å². The molecule has 208 valence electrons. The van der Waals surface area contributed by atoms with Gasteiger partial charge in [-0.3, -0.25) is 14.8 Å². The topological polar surface area (TPSA) is 123 Å². The quantitative estimate of drug-likeness (QED) is 0.197. The number of nitrogens with zero attached hydrogens (tertiary/aromatic N) is 3. The number of carbonyl (C=O) groups is 1. The highest BCUT2D eigenvalue weighted by molar-refractivity contribution is 6.03. The lowest BCUT2D eigenvalue weighted by Gasteiger charge is -2.36. The number of amides is 1. The summed E-state index contributed by atoms with van der Waals surface area (Å²) < 4.78 is 0. The third kappa shape index (κ3) is 6.21. The lowest BCUT2D eigenvalue weighted by molar-refractivity contribution is 0.100. The molecular formula is C31H37N7O2. The van der Waals surface area contributed by atoms with Crippen LogP contribution in [0, 0.1) is 6.92 Å². The fraction of sp³-hybridized carbons (Fsp3) is 0.290. The first-order valence-electron chi connectivity index (χ1n) is 13.7. The SMILES string of the molecule is CCc1cc(CNc2n[nH]c(Nc3ccc(N4CCN(Cc5ccccc5)CC4)cc3)c2C(N)=O)cc(C)c1O. The first-order valence-corrected chi connectivity index (χ1v) is 13.7. The summed E-state index contributed by atoms with van der Waals surface area (Å²) in [6.45, 7) is 9.28. The Bertz CT molecular complexity index is 1440. The lowest BCUT2D eigenvalue weighted by Crippen LogP contribution is -2.45. The minimum Gasteiger partial charge on any atom is -0.507 e. The summed E-state index contributed by atoms with van der Waals surface area (Å²) in [5.74, 6) is 0.559. The number of hydrogen-bond acceptors (Lipinski definition) is 7. The maximum atomic E-state index is 12.3. The van der Waals surface area contributed by atoms with Gasteiger partial charge in [-0.05, 0) is 59.9 Å². The van der Waals surface area contributed by atoms with Crippen LogP contribution in [0.15, 0.2) is 66.7 Å². The molecule has 4 aromatic rings. The lowest BCUT2D eigenvalue weighted by atomic mass is 10.0. The Morgan fingerprint density at radius 1 is 1.02 bits per heavy atom. The van der Waals surface area contributed by atoms with Crippen LogP contribution in [0.5, 0.6) is 5.75 Å². The molecule has 0 radical (unpaired) electrons. The Hall–Kier alpha value is -4.50. The van der Waals surface area contributed by atoms with Gasteiger partial charge in [0.2, 0.25) is 0 Å². The number of phenols is 1. The van der Waals surface area contributed by atoms with Gasteiger partial charge in [-0.25, -0.2) is 0 Å². The number of aromatic amines is 1. The highest BCUT2D eigenvalue weighted by atomic mass is 16.3. The molecule has 1 fully saturated rings. The molecule has 0 spiro atoms. The van der Waals surface area contributed by atoms with E-state index in [1.165, 1.54) is 11.3 Å². The van der Waals surface area contributed by atoms with Gasteiger partial charge in [0.15, 0.2) is 5.82 Å². The number of rotatable bonds is 10. The summed E-state index contributed by atoms with van der Waals surface area (Å²) in [5.41, 5.74) is 12.0. The van der Waals surface area contributed by atoms with Crippen LogP contribution in [0.25, 0.3) is 0 Å². The molecule has 0 unspecified atom stereocenters. The molecule has 5 rings (SSSR count). The van der Waals surface area contributed by atoms with E-state index in [9.17, 15) is 9.90 Å². The average Bonchev–Trinajstić information content (AvgIpc) is 3.37. The molecule has 1 aliphatic rings. The largest absolute Gasteiger partial charge is 0.507 e. The van der Waals surface area contributed by atoms with Gasteiger partial charge >= 0.3 is 0 Å². The van der Waals surface area contributed by atoms with E-state index in [0.717, 1.165) is 61.5 Å². The number of primary amides is 1. The number of piperazine rings is 1. The van der Waals surface area contributed by atoms with Crippen LogP contribution in [0.3, 0.4) is 0 Å². The number of aromatic nitrogens is 2. The maximum absolute atomic E-state index is 12.3. The number of aromatic hydroxyl groups is 1. The van der Waals surface area contributed by atoms with Crippen molar-refractivity contribution < 1.29 is 9.90 Å². The van der Waals surface area contributed by atoms with Gasteiger partial charge in [-0.2, -0.15) is 5.10 Å². The van der Waals surface area contributed by atoms with Gasteiger partial charge in [0.25, 0.3) is 5.91 Å². The predicted octanol–water partition coefficient (Wildman–Crippen LogP) is 4.76. The monoisotopic (exact) mass is 539 g/mol. The van der Waals surface area contributed by atoms with E-state index in [4.69, 9.17) is 5.73 Å². The standard InChI is InChI=1S/C31H37N7O2/c1-3-24-18-23(17-21(2)28(24)39)19-33-30-27(29(32)40)31(36-35-30)34-25-9-11-26(12-10-25)38-15-13-37(14-16-38)20-22-7-5-4-6-8-22/h4-12,17-18,39H,3,13-16,19-20H2,1-2H3,(H2,32,40)(H3,33,34,35,36). The number of H-pyrrole nitrogens is 1. The Morgan fingerprint density at radius 3 is 2.42 bits per heavy atom. The van der Waals surface area contributed by atoms with Crippen molar-refractivity contribution in [2.75, 3.05) is 41.7 Å². The number of phenolic OH excluding ortho intramolecular Hbond substituents is 1. The van der Waals surface area contributed by atoms with E-state index in [2.05, 4.69) is 73.1 Å². The number of nitrogens with two attached hydrogens (primary N) is 1. The zero-order chi connectivity index (χ0) is 28.1. The van der Waals surface area contributed by atoms with Crippen molar-refractivity contribution in [2.24, 2.45) is 5.73 Å². The van der Waals surface area contributed by atoms with Crippen molar-refractivity contribution in [2.45, 2.75) is 33.4 Å². The number of benzene rings is 3. The van der Waals surface area contributed by atoms with Crippen molar-refractivity contribution in [1.82, 2.24) is 15.1 Å². The molecule has 0 bridgehead atoms. The Morgan fingerprint density at radius 2 is 1.75 bits per heavy atom. The molecule has 40 heavy (non-hydrogen) atoms. The van der Waals surface area contributed by atoms with Gasteiger partial charge in [-0.1, -0.05) is 49.4 Å². The average molecular weight is 540 g/mol. The Balaban J connectivity index is 1.20. The fourth-order valence-corrected chi connectivity index (χ4v) is 5.20. The molecule has 9 heteroatoms. The first kappa shape index (κ1) is 27.1. The molecule has 9 nitrogen and oxygen atoms in total. The summed E-state index contributed by atoms with van der Waals surface area (Å²) in [7, 11) is 0. The first-order chi connectivity index (χ1) is 19.4. The van der Waals surface area contributed by atoms with E-state index in [-0.39, 0.29) is 5.56 Å². The second-order valence-corrected chi connectivity index (χ2v) is 10.2. The molecule has 0 atom stereocenters. The minimum atomic E-state index is -0.583. The summed E-state index contributed by atoms with van der Waals surface area (Å²) in [6, 6.07) is 22.6. The molecule has 1 amide bonds. The highest BCUT2D eigenvalue weighted by Crippen LogP contribution is 2.28. The smallest absolute Gasteiger partial charge is 0.256 e. The second-order valence-electron chi connectivity index (χ2n) is 10.2. The van der Waals surface area contributed by atoms with Crippen LogP contribution in [-0.2, 0) is 19.5 Å². The van der Waals surface area contributed by atoms with Crippen LogP contribution in [0.2, 0.25) is 0 Å². The summed E-state index contributed by atoms with van der Waals surface area (Å²) in [6.07, 6.45) is 0.729. The third-order valence-corrected chi connectivity index (χ3v) is 7.42. The van der Waals surface area contributed by atoms with Crippen molar-refractivity contribution in [1.29, 1.82) is 0 Å². The number of nitrogens with one attached hydrogen (secondary N) is 3. The normalized spacial score (nSPS) is 13.8. The highest BCUT2D eigenvalue weighted by Gasteiger charge is 2.20. The zero-order valence-electron chi connectivity index (χ0n) is 23.1. The molecule has 1 aliphatic heterocycles. The van der Waals surface area contributed by atoms with Crippen molar-refractivity contribution in [3.8, 4) is 5.75 Å². The van der Waals surface area contributed by atoms with Crippen LogP contribution in [-0.4, -0.2) is 52.3 Å². The van der Waals surface area contributed by atoms with E-state index in [1.54, 1.807) is 0 Å². The van der Waals surface area contributed by atoms with Crippen LogP contribution in [0.4, 0.5) is 23.0 Å². The summed E-state index contributed by atoms with van der Waals surface area (Å²) >= 11 is 0. The maximum Gasteiger partial charge on any atom is 0.256 e. The van der Waals surface area contributed by atoms with Crippen LogP contribution < -0.4 is 21.3 Å². The molecule has 3 aromatic carbocycles. The van der Waals surface area contributed by atoms with Gasteiger partial charge in [0, 0.05) is 50.6 Å². The number of carbonyl (C=O) groups excluding carboxylic acids is 1. The number of hydrogen-bond donors (Lipinski definition) is 5.